The molecule has 2 N–H and O–H groups in total. The molecule has 1 heterocycles. The fraction of sp³-hybridized carbons (Fsp3) is 0. The molecule has 0 bridgehead atoms. The van der Waals surface area contributed by atoms with Crippen molar-refractivity contribution in [2.45, 2.75) is 0 Å². The Morgan fingerprint density at radius 2 is 1.95 bits per heavy atom. The first kappa shape index (κ1) is 12.6. The minimum atomic E-state index is -0.529. The summed E-state index contributed by atoms with van der Waals surface area (Å²) in [5.74, 6) is 0. The summed E-state index contributed by atoms with van der Waals surface area (Å²) in [6.07, 6.45) is 0. The Bertz CT molecular complexity index is 752. The van der Waals surface area contributed by atoms with Crippen molar-refractivity contribution in [1.82, 2.24) is 0 Å². The normalized spacial score (nSPS) is 9.58. The summed E-state index contributed by atoms with van der Waals surface area (Å²) in [6.45, 7) is 0. The van der Waals surface area contributed by atoms with E-state index < -0.39 is 4.92 Å². The van der Waals surface area contributed by atoms with Gasteiger partial charge in [-0.25, -0.2) is 0 Å². The van der Waals surface area contributed by atoms with Crippen LogP contribution in [0.4, 0.5) is 11.4 Å². The van der Waals surface area contributed by atoms with E-state index in [1.807, 2.05) is 12.1 Å². The number of anilines is 1. The van der Waals surface area contributed by atoms with Crippen molar-refractivity contribution in [3.8, 4) is 22.6 Å². The molecule has 6 nitrogen and oxygen atoms in total. The summed E-state index contributed by atoms with van der Waals surface area (Å²) >= 11 is 0.982. The first-order valence-corrected chi connectivity index (χ1v) is 5.88. The highest BCUT2D eigenvalue weighted by Crippen LogP contribution is 2.41. The maximum absolute atomic E-state index is 11.0. The molecule has 0 spiro atoms. The number of hydrogen-bond acceptors (Lipinski definition) is 6. The maximum atomic E-state index is 11.0. The summed E-state index contributed by atoms with van der Waals surface area (Å²) < 4.78 is 0. The predicted molar refractivity (Wildman–Crippen MR) is 70.3 cm³/mol. The Balaban J connectivity index is 2.78. The maximum Gasteiger partial charge on any atom is 0.278 e. The second-order valence-corrected chi connectivity index (χ2v) is 4.57. The number of nitrogens with zero attached hydrogens (tertiary/aromatic N) is 3. The van der Waals surface area contributed by atoms with Crippen molar-refractivity contribution in [2.75, 3.05) is 5.73 Å². The summed E-state index contributed by atoms with van der Waals surface area (Å²) in [5.41, 5.74) is 6.04. The third-order valence-electron chi connectivity index (χ3n) is 2.50. The van der Waals surface area contributed by atoms with Gasteiger partial charge in [0, 0.05) is 6.07 Å². The highest BCUT2D eigenvalue weighted by molar-refractivity contribution is 7.17. The van der Waals surface area contributed by atoms with Crippen LogP contribution in [0.3, 0.4) is 0 Å². The molecule has 0 unspecified atom stereocenters. The van der Waals surface area contributed by atoms with E-state index in [0.717, 1.165) is 11.3 Å². The van der Waals surface area contributed by atoms with Crippen LogP contribution >= 0.6 is 11.3 Å². The van der Waals surface area contributed by atoms with Crippen LogP contribution in [0, 0.1) is 32.8 Å². The van der Waals surface area contributed by atoms with Crippen LogP contribution < -0.4 is 5.73 Å². The Morgan fingerprint density at radius 1 is 1.26 bits per heavy atom. The Morgan fingerprint density at radius 3 is 2.53 bits per heavy atom. The summed E-state index contributed by atoms with van der Waals surface area (Å²) in [6, 6.07) is 9.82. The van der Waals surface area contributed by atoms with Crippen molar-refractivity contribution >= 4 is 22.7 Å². The molecule has 1 aromatic heterocycles. The second-order valence-electron chi connectivity index (χ2n) is 3.55. The topological polar surface area (TPSA) is 117 Å². The molecule has 2 rings (SSSR count). The highest BCUT2D eigenvalue weighted by Gasteiger charge is 2.23. The van der Waals surface area contributed by atoms with Crippen LogP contribution in [-0.2, 0) is 0 Å². The Kier molecular flexibility index (Phi) is 3.15. The highest BCUT2D eigenvalue weighted by atomic mass is 32.1. The molecular formula is C12H6N4O2S. The molecule has 92 valence electrons. The van der Waals surface area contributed by atoms with Gasteiger partial charge in [-0.05, 0) is 6.07 Å². The van der Waals surface area contributed by atoms with Crippen LogP contribution in [0.1, 0.15) is 10.4 Å². The minimum Gasteiger partial charge on any atom is -0.396 e. The summed E-state index contributed by atoms with van der Waals surface area (Å²) in [4.78, 5) is 11.0. The van der Waals surface area contributed by atoms with Crippen LogP contribution in [0.2, 0.25) is 0 Å². The molecule has 2 aromatic rings. The Hall–Kier alpha value is -2.90. The molecule has 1 aromatic carbocycles. The van der Waals surface area contributed by atoms with Gasteiger partial charge in [-0.15, -0.1) is 11.3 Å². The number of rotatable bonds is 2. The SMILES string of the molecule is N#Cc1sc(-c2ccccc2[N+](=O)[O-])c(C#N)c1N. The number of nitrogen functional groups attached to an aromatic ring is 1. The van der Waals surface area contributed by atoms with Crippen molar-refractivity contribution in [2.24, 2.45) is 0 Å². The molecule has 0 aliphatic heterocycles. The number of thiophene rings is 1. The summed E-state index contributed by atoms with van der Waals surface area (Å²) in [5, 5.41) is 29.0. The van der Waals surface area contributed by atoms with Gasteiger partial charge in [0.1, 0.15) is 17.0 Å². The van der Waals surface area contributed by atoms with E-state index in [-0.39, 0.29) is 21.8 Å². The van der Waals surface area contributed by atoms with Gasteiger partial charge in [-0.3, -0.25) is 10.1 Å². The van der Waals surface area contributed by atoms with Crippen LogP contribution in [-0.4, -0.2) is 4.92 Å². The van der Waals surface area contributed by atoms with E-state index in [1.165, 1.54) is 18.2 Å². The number of para-hydroxylation sites is 1. The Labute approximate surface area is 112 Å². The number of nitro benzene ring substituents is 1. The van der Waals surface area contributed by atoms with Crippen LogP contribution in [0.5, 0.6) is 0 Å². The van der Waals surface area contributed by atoms with Gasteiger partial charge in [0.15, 0.2) is 0 Å². The van der Waals surface area contributed by atoms with Gasteiger partial charge in [-0.2, -0.15) is 10.5 Å². The van der Waals surface area contributed by atoms with Crippen LogP contribution in [0.15, 0.2) is 24.3 Å². The molecule has 0 aliphatic carbocycles. The van der Waals surface area contributed by atoms with E-state index in [1.54, 1.807) is 6.07 Å². The lowest BCUT2D eigenvalue weighted by Crippen LogP contribution is -1.92. The largest absolute Gasteiger partial charge is 0.396 e. The van der Waals surface area contributed by atoms with Gasteiger partial charge < -0.3 is 5.73 Å². The zero-order valence-electron chi connectivity index (χ0n) is 9.45. The molecule has 0 atom stereocenters. The van der Waals surface area contributed by atoms with Crippen molar-refractivity contribution in [3.63, 3.8) is 0 Å². The molecule has 0 saturated heterocycles. The monoisotopic (exact) mass is 270 g/mol. The number of hydrogen-bond donors (Lipinski definition) is 1. The fourth-order valence-corrected chi connectivity index (χ4v) is 2.65. The van der Waals surface area contributed by atoms with E-state index >= 15 is 0 Å². The zero-order valence-corrected chi connectivity index (χ0v) is 10.3. The average molecular weight is 270 g/mol. The minimum absolute atomic E-state index is 0.0724. The lowest BCUT2D eigenvalue weighted by molar-refractivity contribution is -0.384. The predicted octanol–water partition coefficient (Wildman–Crippen LogP) is 2.65. The molecule has 0 radical (unpaired) electrons. The molecule has 19 heavy (non-hydrogen) atoms. The summed E-state index contributed by atoms with van der Waals surface area (Å²) in [7, 11) is 0. The second kappa shape index (κ2) is 4.77. The standard InChI is InChI=1S/C12H6N4O2S/c13-5-8-11(15)10(6-14)19-12(8)7-3-1-2-4-9(7)16(17)18/h1-4H,15H2. The van der Waals surface area contributed by atoms with Crippen molar-refractivity contribution in [1.29, 1.82) is 10.5 Å². The number of benzene rings is 1. The quantitative estimate of drug-likeness (QED) is 0.664. The molecular weight excluding hydrogens is 264 g/mol. The first-order valence-electron chi connectivity index (χ1n) is 5.06. The molecule has 0 amide bonds. The van der Waals surface area contributed by atoms with Gasteiger partial charge in [0.05, 0.1) is 26.6 Å². The average Bonchev–Trinajstić information content (AvgIpc) is 2.74. The van der Waals surface area contributed by atoms with Gasteiger partial charge >= 0.3 is 0 Å². The van der Waals surface area contributed by atoms with Crippen molar-refractivity contribution in [3.05, 3.63) is 44.8 Å². The van der Waals surface area contributed by atoms with Gasteiger partial charge in [0.25, 0.3) is 5.69 Å². The molecule has 0 saturated carbocycles. The molecule has 0 fully saturated rings. The van der Waals surface area contributed by atoms with E-state index in [0.29, 0.717) is 10.4 Å². The number of nitriles is 2. The van der Waals surface area contributed by atoms with Gasteiger partial charge in [0.2, 0.25) is 0 Å². The van der Waals surface area contributed by atoms with Gasteiger partial charge in [-0.1, -0.05) is 12.1 Å². The van der Waals surface area contributed by atoms with Crippen LogP contribution in [0.25, 0.3) is 10.4 Å². The zero-order chi connectivity index (χ0) is 14.0. The number of nitro groups is 1. The third-order valence-corrected chi connectivity index (χ3v) is 3.65. The lowest BCUT2D eigenvalue weighted by atomic mass is 10.1. The van der Waals surface area contributed by atoms with Crippen molar-refractivity contribution < 1.29 is 4.92 Å². The van der Waals surface area contributed by atoms with E-state index in [4.69, 9.17) is 16.3 Å². The smallest absolute Gasteiger partial charge is 0.278 e. The fourth-order valence-electron chi connectivity index (χ4n) is 1.65. The number of nitrogens with two attached hydrogens (primary N) is 1. The molecule has 0 aliphatic rings. The third kappa shape index (κ3) is 1.99. The van der Waals surface area contributed by atoms with E-state index in [9.17, 15) is 10.1 Å². The van der Waals surface area contributed by atoms with E-state index in [2.05, 4.69) is 0 Å². The molecule has 7 heteroatoms. The lowest BCUT2D eigenvalue weighted by Gasteiger charge is -2.00. The first-order chi connectivity index (χ1) is 9.10.